The van der Waals surface area contributed by atoms with E-state index in [1.165, 1.54) is 7.11 Å². The van der Waals surface area contributed by atoms with Crippen LogP contribution in [0.1, 0.15) is 5.56 Å². The maximum Gasteiger partial charge on any atom is 0.166 e. The van der Waals surface area contributed by atoms with Crippen molar-refractivity contribution in [3.05, 3.63) is 66.2 Å². The monoisotopic (exact) mass is 363 g/mol. The number of methoxy groups -OCH3 is 3. The summed E-state index contributed by atoms with van der Waals surface area (Å²) in [6, 6.07) is 18.7. The fourth-order valence-corrected chi connectivity index (χ4v) is 2.72. The van der Waals surface area contributed by atoms with Gasteiger partial charge in [-0.1, -0.05) is 18.2 Å². The zero-order valence-electron chi connectivity index (χ0n) is 15.5. The molecule has 3 aromatic rings. The Kier molecular flexibility index (Phi) is 5.61. The molecule has 3 rings (SSSR count). The number of phenols is 1. The number of hydrogen-bond acceptors (Lipinski definition) is 5. The second-order valence-electron chi connectivity index (χ2n) is 5.77. The average Bonchev–Trinajstić information content (AvgIpc) is 2.73. The van der Waals surface area contributed by atoms with Crippen molar-refractivity contribution in [3.63, 3.8) is 0 Å². The highest BCUT2D eigenvalue weighted by atomic mass is 16.5. The van der Waals surface area contributed by atoms with Crippen LogP contribution in [-0.2, 0) is 0 Å². The Hall–Kier alpha value is -3.47. The van der Waals surface area contributed by atoms with Crippen LogP contribution in [0.5, 0.6) is 23.0 Å². The zero-order chi connectivity index (χ0) is 19.2. The predicted molar refractivity (Wildman–Crippen MR) is 107 cm³/mol. The SMILES string of the molecule is COc1ccc(-c2cc(N=Cc3cccc(OC)c3O)ccc2OC)cc1. The van der Waals surface area contributed by atoms with Gasteiger partial charge < -0.3 is 19.3 Å². The topological polar surface area (TPSA) is 60.3 Å². The smallest absolute Gasteiger partial charge is 0.166 e. The lowest BCUT2D eigenvalue weighted by molar-refractivity contribution is 0.373. The molecule has 0 aromatic heterocycles. The lowest BCUT2D eigenvalue weighted by Crippen LogP contribution is -1.89. The molecule has 0 heterocycles. The number of ether oxygens (including phenoxy) is 3. The molecule has 27 heavy (non-hydrogen) atoms. The van der Waals surface area contributed by atoms with E-state index in [9.17, 15) is 5.11 Å². The highest BCUT2D eigenvalue weighted by molar-refractivity contribution is 5.87. The van der Waals surface area contributed by atoms with E-state index in [1.807, 2.05) is 42.5 Å². The molecule has 0 fully saturated rings. The van der Waals surface area contributed by atoms with Crippen molar-refractivity contribution in [1.82, 2.24) is 0 Å². The first-order valence-electron chi connectivity index (χ1n) is 8.38. The van der Waals surface area contributed by atoms with Gasteiger partial charge in [0.15, 0.2) is 11.5 Å². The van der Waals surface area contributed by atoms with Crippen LogP contribution in [0, 0.1) is 0 Å². The van der Waals surface area contributed by atoms with Crippen molar-refractivity contribution < 1.29 is 19.3 Å². The Morgan fingerprint density at radius 2 is 1.56 bits per heavy atom. The third-order valence-corrected chi connectivity index (χ3v) is 4.19. The predicted octanol–water partition coefficient (Wildman–Crippen LogP) is 4.84. The molecule has 0 aliphatic rings. The number of aliphatic imine (C=N–C) groups is 1. The Morgan fingerprint density at radius 3 is 2.22 bits per heavy atom. The minimum Gasteiger partial charge on any atom is -0.504 e. The van der Waals surface area contributed by atoms with Crippen molar-refractivity contribution >= 4 is 11.9 Å². The molecule has 5 heteroatoms. The van der Waals surface area contributed by atoms with Gasteiger partial charge in [-0.25, -0.2) is 0 Å². The molecule has 138 valence electrons. The normalized spacial score (nSPS) is 10.8. The van der Waals surface area contributed by atoms with Crippen LogP contribution < -0.4 is 14.2 Å². The van der Waals surface area contributed by atoms with Crippen molar-refractivity contribution in [2.45, 2.75) is 0 Å². The van der Waals surface area contributed by atoms with Crippen molar-refractivity contribution in [2.75, 3.05) is 21.3 Å². The van der Waals surface area contributed by atoms with E-state index < -0.39 is 0 Å². The maximum absolute atomic E-state index is 10.2. The van der Waals surface area contributed by atoms with Gasteiger partial charge in [0.2, 0.25) is 0 Å². The second kappa shape index (κ2) is 8.27. The molecule has 0 aliphatic heterocycles. The van der Waals surface area contributed by atoms with Gasteiger partial charge >= 0.3 is 0 Å². The van der Waals surface area contributed by atoms with Gasteiger partial charge in [-0.3, -0.25) is 4.99 Å². The lowest BCUT2D eigenvalue weighted by atomic mass is 10.0. The van der Waals surface area contributed by atoms with Gasteiger partial charge in [0.1, 0.15) is 11.5 Å². The summed E-state index contributed by atoms with van der Waals surface area (Å²) in [5, 5.41) is 10.2. The standard InChI is InChI=1S/C22H21NO4/c1-25-18-10-7-15(8-11-18)19-13-17(9-12-20(19)26-2)23-14-16-5-4-6-21(27-3)22(16)24/h4-14,24H,1-3H3. The summed E-state index contributed by atoms with van der Waals surface area (Å²) < 4.78 is 15.8. The highest BCUT2D eigenvalue weighted by Crippen LogP contribution is 2.35. The summed E-state index contributed by atoms with van der Waals surface area (Å²) in [6.07, 6.45) is 1.61. The second-order valence-corrected chi connectivity index (χ2v) is 5.77. The Labute approximate surface area is 158 Å². The number of benzene rings is 3. The van der Waals surface area contributed by atoms with Crippen LogP contribution in [0.15, 0.2) is 65.7 Å². The molecule has 3 aromatic carbocycles. The number of nitrogens with zero attached hydrogens (tertiary/aromatic N) is 1. The third kappa shape index (κ3) is 4.03. The first-order chi connectivity index (χ1) is 13.2. The van der Waals surface area contributed by atoms with E-state index in [4.69, 9.17) is 14.2 Å². The molecule has 0 saturated carbocycles. The Bertz CT molecular complexity index is 949. The van der Waals surface area contributed by atoms with E-state index >= 15 is 0 Å². The van der Waals surface area contributed by atoms with Crippen molar-refractivity contribution in [3.8, 4) is 34.1 Å². The van der Waals surface area contributed by atoms with E-state index in [0.29, 0.717) is 11.3 Å². The molecule has 0 aliphatic carbocycles. The summed E-state index contributed by atoms with van der Waals surface area (Å²) >= 11 is 0. The molecule has 5 nitrogen and oxygen atoms in total. The Balaban J connectivity index is 1.95. The maximum atomic E-state index is 10.2. The number of para-hydroxylation sites is 1. The van der Waals surface area contributed by atoms with Crippen LogP contribution in [-0.4, -0.2) is 32.7 Å². The van der Waals surface area contributed by atoms with Gasteiger partial charge in [-0.15, -0.1) is 0 Å². The van der Waals surface area contributed by atoms with Crippen LogP contribution in [0.3, 0.4) is 0 Å². The molecular formula is C22H21NO4. The van der Waals surface area contributed by atoms with Crippen LogP contribution in [0.2, 0.25) is 0 Å². The molecule has 0 saturated heterocycles. The van der Waals surface area contributed by atoms with Crippen LogP contribution in [0.4, 0.5) is 5.69 Å². The first-order valence-corrected chi connectivity index (χ1v) is 8.38. The Morgan fingerprint density at radius 1 is 0.815 bits per heavy atom. The van der Waals surface area contributed by atoms with Gasteiger partial charge in [-0.05, 0) is 48.0 Å². The molecule has 0 amide bonds. The molecule has 0 atom stereocenters. The summed E-state index contributed by atoms with van der Waals surface area (Å²) in [5.74, 6) is 2.02. The number of hydrogen-bond donors (Lipinski definition) is 1. The van der Waals surface area contributed by atoms with Crippen molar-refractivity contribution in [1.29, 1.82) is 0 Å². The fourth-order valence-electron chi connectivity index (χ4n) is 2.72. The van der Waals surface area contributed by atoms with E-state index in [2.05, 4.69) is 4.99 Å². The van der Waals surface area contributed by atoms with Crippen LogP contribution >= 0.6 is 0 Å². The minimum atomic E-state index is 0.0626. The molecular weight excluding hydrogens is 342 g/mol. The quantitative estimate of drug-likeness (QED) is 0.637. The van der Waals surface area contributed by atoms with E-state index in [-0.39, 0.29) is 5.75 Å². The van der Waals surface area contributed by atoms with Crippen LogP contribution in [0.25, 0.3) is 11.1 Å². The molecule has 0 bridgehead atoms. The lowest BCUT2D eigenvalue weighted by Gasteiger charge is -2.10. The summed E-state index contributed by atoms with van der Waals surface area (Å²) in [4.78, 5) is 4.49. The highest BCUT2D eigenvalue weighted by Gasteiger charge is 2.08. The minimum absolute atomic E-state index is 0.0626. The summed E-state index contributed by atoms with van der Waals surface area (Å²) in [7, 11) is 4.79. The van der Waals surface area contributed by atoms with E-state index in [1.54, 1.807) is 38.6 Å². The largest absolute Gasteiger partial charge is 0.504 e. The number of phenolic OH excluding ortho intramolecular Hbond substituents is 1. The third-order valence-electron chi connectivity index (χ3n) is 4.19. The zero-order valence-corrected chi connectivity index (χ0v) is 15.5. The summed E-state index contributed by atoms with van der Waals surface area (Å²) in [6.45, 7) is 0. The van der Waals surface area contributed by atoms with Gasteiger partial charge in [-0.2, -0.15) is 0 Å². The molecule has 0 radical (unpaired) electrons. The number of aromatic hydroxyl groups is 1. The fraction of sp³-hybridized carbons (Fsp3) is 0.136. The molecule has 0 unspecified atom stereocenters. The van der Waals surface area contributed by atoms with Crippen molar-refractivity contribution in [2.24, 2.45) is 4.99 Å². The van der Waals surface area contributed by atoms with Gasteiger partial charge in [0, 0.05) is 17.3 Å². The average molecular weight is 363 g/mol. The van der Waals surface area contributed by atoms with Gasteiger partial charge in [0.05, 0.1) is 27.0 Å². The van der Waals surface area contributed by atoms with Gasteiger partial charge in [0.25, 0.3) is 0 Å². The van der Waals surface area contributed by atoms with E-state index in [0.717, 1.165) is 28.3 Å². The molecule has 0 spiro atoms. The first kappa shape index (κ1) is 18.3. The number of rotatable bonds is 6. The molecule has 1 N–H and O–H groups in total. The summed E-state index contributed by atoms with van der Waals surface area (Å²) in [5.41, 5.74) is 3.23.